The Hall–Kier alpha value is -2.93. The molecule has 2 fully saturated rings. The van der Waals surface area contributed by atoms with Crippen LogP contribution >= 0.6 is 0 Å². The first kappa shape index (κ1) is 19.4. The third-order valence-corrected chi connectivity index (χ3v) is 5.52. The van der Waals surface area contributed by atoms with Crippen LogP contribution in [0.3, 0.4) is 0 Å². The molecule has 0 unspecified atom stereocenters. The number of hydrogen-bond donors (Lipinski definition) is 1. The normalized spacial score (nSPS) is 17.8. The average Bonchev–Trinajstić information content (AvgIpc) is 2.80. The number of anilines is 2. The number of likely N-dealkylation sites (tertiary alicyclic amines) is 1. The Morgan fingerprint density at radius 2 is 1.69 bits per heavy atom. The van der Waals surface area contributed by atoms with E-state index in [1.165, 1.54) is 0 Å². The SMILES string of the molecule is O=C(Nc1ccccc1)C1CCN(C(=O)c2cccnc2N2CCOCC2)CC1. The number of ether oxygens (including phenoxy) is 1. The molecule has 0 bridgehead atoms. The second-order valence-corrected chi connectivity index (χ2v) is 7.40. The van der Waals surface area contributed by atoms with E-state index in [0.29, 0.717) is 44.7 Å². The molecule has 7 heteroatoms. The second kappa shape index (κ2) is 9.05. The molecule has 1 aromatic carbocycles. The molecule has 2 aliphatic rings. The highest BCUT2D eigenvalue weighted by molar-refractivity contribution is 5.99. The predicted molar refractivity (Wildman–Crippen MR) is 111 cm³/mol. The number of nitrogens with zero attached hydrogens (tertiary/aromatic N) is 3. The topological polar surface area (TPSA) is 74.8 Å². The monoisotopic (exact) mass is 394 g/mol. The molecule has 29 heavy (non-hydrogen) atoms. The first-order valence-electron chi connectivity index (χ1n) is 10.2. The Bertz CT molecular complexity index is 844. The highest BCUT2D eigenvalue weighted by Crippen LogP contribution is 2.24. The summed E-state index contributed by atoms with van der Waals surface area (Å²) >= 11 is 0. The number of aromatic nitrogens is 1. The molecule has 2 aliphatic heterocycles. The van der Waals surface area contributed by atoms with Gasteiger partial charge in [-0.15, -0.1) is 0 Å². The van der Waals surface area contributed by atoms with Gasteiger partial charge in [0.15, 0.2) is 0 Å². The van der Waals surface area contributed by atoms with E-state index < -0.39 is 0 Å². The minimum atomic E-state index is -0.0770. The number of morpholine rings is 1. The Kier molecular flexibility index (Phi) is 6.05. The summed E-state index contributed by atoms with van der Waals surface area (Å²) in [5, 5.41) is 2.97. The summed E-state index contributed by atoms with van der Waals surface area (Å²) in [5.74, 6) is 0.664. The molecule has 1 N–H and O–H groups in total. The Balaban J connectivity index is 1.38. The fraction of sp³-hybridized carbons (Fsp3) is 0.409. The summed E-state index contributed by atoms with van der Waals surface area (Å²) in [4.78, 5) is 34.1. The Labute approximate surface area is 170 Å². The van der Waals surface area contributed by atoms with E-state index in [2.05, 4.69) is 15.2 Å². The molecule has 0 atom stereocenters. The van der Waals surface area contributed by atoms with Gasteiger partial charge < -0.3 is 19.9 Å². The minimum Gasteiger partial charge on any atom is -0.378 e. The van der Waals surface area contributed by atoms with Crippen molar-refractivity contribution in [2.75, 3.05) is 49.6 Å². The van der Waals surface area contributed by atoms with E-state index in [-0.39, 0.29) is 17.7 Å². The smallest absolute Gasteiger partial charge is 0.257 e. The lowest BCUT2D eigenvalue weighted by atomic mass is 9.95. The molecule has 2 aromatic rings. The van der Waals surface area contributed by atoms with E-state index in [0.717, 1.165) is 24.6 Å². The zero-order chi connectivity index (χ0) is 20.1. The fourth-order valence-corrected chi connectivity index (χ4v) is 3.87. The number of pyridine rings is 1. The van der Waals surface area contributed by atoms with Crippen LogP contribution in [0.25, 0.3) is 0 Å². The van der Waals surface area contributed by atoms with Crippen LogP contribution in [0.4, 0.5) is 11.5 Å². The maximum Gasteiger partial charge on any atom is 0.257 e. The molecule has 4 rings (SSSR count). The number of rotatable bonds is 4. The minimum absolute atomic E-state index is 0.0125. The van der Waals surface area contributed by atoms with Gasteiger partial charge in [0.2, 0.25) is 5.91 Å². The van der Waals surface area contributed by atoms with Crippen molar-refractivity contribution in [3.05, 3.63) is 54.2 Å². The number of para-hydroxylation sites is 1. The van der Waals surface area contributed by atoms with Gasteiger partial charge in [0.25, 0.3) is 5.91 Å². The summed E-state index contributed by atoms with van der Waals surface area (Å²) in [6, 6.07) is 13.1. The van der Waals surface area contributed by atoms with Crippen molar-refractivity contribution in [2.45, 2.75) is 12.8 Å². The van der Waals surface area contributed by atoms with Crippen LogP contribution in [0.1, 0.15) is 23.2 Å². The van der Waals surface area contributed by atoms with Crippen molar-refractivity contribution in [3.8, 4) is 0 Å². The third kappa shape index (κ3) is 4.56. The molecule has 1 aromatic heterocycles. The Morgan fingerprint density at radius 1 is 0.966 bits per heavy atom. The molecule has 152 valence electrons. The van der Waals surface area contributed by atoms with Crippen LogP contribution in [0.15, 0.2) is 48.7 Å². The number of nitrogens with one attached hydrogen (secondary N) is 1. The van der Waals surface area contributed by atoms with E-state index in [4.69, 9.17) is 4.74 Å². The molecular formula is C22H26N4O3. The number of piperidine rings is 1. The van der Waals surface area contributed by atoms with Crippen molar-refractivity contribution in [2.24, 2.45) is 5.92 Å². The van der Waals surface area contributed by atoms with Crippen LogP contribution in [0, 0.1) is 5.92 Å². The first-order chi connectivity index (χ1) is 14.2. The van der Waals surface area contributed by atoms with Crippen LogP contribution in [0.2, 0.25) is 0 Å². The number of benzene rings is 1. The van der Waals surface area contributed by atoms with Crippen LogP contribution in [-0.4, -0.2) is 61.1 Å². The standard InChI is InChI=1S/C22H26N4O3/c27-21(24-18-5-2-1-3-6-18)17-8-11-26(12-9-17)22(28)19-7-4-10-23-20(19)25-13-15-29-16-14-25/h1-7,10,17H,8-9,11-16H2,(H,24,27). The Morgan fingerprint density at radius 3 is 2.41 bits per heavy atom. The highest BCUT2D eigenvalue weighted by atomic mass is 16.5. The van der Waals surface area contributed by atoms with Gasteiger partial charge in [-0.25, -0.2) is 4.98 Å². The van der Waals surface area contributed by atoms with Gasteiger partial charge in [0.05, 0.1) is 18.8 Å². The summed E-state index contributed by atoms with van der Waals surface area (Å²) in [5.41, 5.74) is 1.43. The van der Waals surface area contributed by atoms with E-state index in [9.17, 15) is 9.59 Å². The van der Waals surface area contributed by atoms with Gasteiger partial charge in [-0.2, -0.15) is 0 Å². The van der Waals surface area contributed by atoms with Gasteiger partial charge in [-0.3, -0.25) is 9.59 Å². The summed E-state index contributed by atoms with van der Waals surface area (Å²) in [6.07, 6.45) is 3.05. The molecule has 0 saturated carbocycles. The van der Waals surface area contributed by atoms with Crippen molar-refractivity contribution in [3.63, 3.8) is 0 Å². The lowest BCUT2D eigenvalue weighted by Crippen LogP contribution is -2.43. The number of carbonyl (C=O) groups is 2. The number of amides is 2. The molecule has 7 nitrogen and oxygen atoms in total. The van der Waals surface area contributed by atoms with Crippen molar-refractivity contribution >= 4 is 23.3 Å². The zero-order valence-corrected chi connectivity index (χ0v) is 16.4. The summed E-state index contributed by atoms with van der Waals surface area (Å²) in [7, 11) is 0. The van der Waals surface area contributed by atoms with Crippen LogP contribution in [0.5, 0.6) is 0 Å². The lowest BCUT2D eigenvalue weighted by Gasteiger charge is -2.33. The van der Waals surface area contributed by atoms with Gasteiger partial charge in [0.1, 0.15) is 5.82 Å². The third-order valence-electron chi connectivity index (χ3n) is 5.52. The quantitative estimate of drug-likeness (QED) is 0.862. The molecule has 2 amide bonds. The predicted octanol–water partition coefficient (Wildman–Crippen LogP) is 2.41. The van der Waals surface area contributed by atoms with Gasteiger partial charge in [0, 0.05) is 44.0 Å². The first-order valence-corrected chi connectivity index (χ1v) is 10.2. The van der Waals surface area contributed by atoms with Crippen molar-refractivity contribution in [1.29, 1.82) is 0 Å². The molecular weight excluding hydrogens is 368 g/mol. The maximum atomic E-state index is 13.2. The van der Waals surface area contributed by atoms with Gasteiger partial charge >= 0.3 is 0 Å². The summed E-state index contributed by atoms with van der Waals surface area (Å²) in [6.45, 7) is 3.91. The second-order valence-electron chi connectivity index (χ2n) is 7.40. The molecule has 0 spiro atoms. The van der Waals surface area contributed by atoms with E-state index in [1.807, 2.05) is 41.3 Å². The van der Waals surface area contributed by atoms with Crippen molar-refractivity contribution in [1.82, 2.24) is 9.88 Å². The lowest BCUT2D eigenvalue weighted by molar-refractivity contribution is -0.121. The maximum absolute atomic E-state index is 13.2. The zero-order valence-electron chi connectivity index (χ0n) is 16.4. The van der Waals surface area contributed by atoms with E-state index in [1.54, 1.807) is 12.3 Å². The van der Waals surface area contributed by atoms with Crippen LogP contribution < -0.4 is 10.2 Å². The van der Waals surface area contributed by atoms with Crippen molar-refractivity contribution < 1.29 is 14.3 Å². The highest BCUT2D eigenvalue weighted by Gasteiger charge is 2.30. The van der Waals surface area contributed by atoms with Gasteiger partial charge in [-0.1, -0.05) is 18.2 Å². The van der Waals surface area contributed by atoms with Gasteiger partial charge in [-0.05, 0) is 37.1 Å². The van der Waals surface area contributed by atoms with Crippen LogP contribution in [-0.2, 0) is 9.53 Å². The molecule has 0 radical (unpaired) electrons. The average molecular weight is 394 g/mol. The largest absolute Gasteiger partial charge is 0.378 e. The number of carbonyl (C=O) groups excluding carboxylic acids is 2. The molecule has 3 heterocycles. The molecule has 0 aliphatic carbocycles. The fourth-order valence-electron chi connectivity index (χ4n) is 3.87. The van der Waals surface area contributed by atoms with E-state index >= 15 is 0 Å². The number of hydrogen-bond acceptors (Lipinski definition) is 5. The molecule has 2 saturated heterocycles. The summed E-state index contributed by atoms with van der Waals surface area (Å²) < 4.78 is 5.41.